The predicted molar refractivity (Wildman–Crippen MR) is 84.4 cm³/mol. The van der Waals surface area contributed by atoms with Gasteiger partial charge in [0.05, 0.1) is 0 Å². The van der Waals surface area contributed by atoms with E-state index in [1.54, 1.807) is 6.20 Å². The SMILES string of the molecule is CCCNC(C)c1cnc(-c2ccc(Br)cn2)nc1C. The van der Waals surface area contributed by atoms with Crippen LogP contribution in [-0.2, 0) is 0 Å². The van der Waals surface area contributed by atoms with Crippen molar-refractivity contribution in [2.45, 2.75) is 33.2 Å². The summed E-state index contributed by atoms with van der Waals surface area (Å²) in [6, 6.07) is 4.12. The van der Waals surface area contributed by atoms with Gasteiger partial charge < -0.3 is 5.32 Å². The van der Waals surface area contributed by atoms with Crippen molar-refractivity contribution in [3.63, 3.8) is 0 Å². The van der Waals surface area contributed by atoms with E-state index >= 15 is 0 Å². The maximum Gasteiger partial charge on any atom is 0.178 e. The average molecular weight is 335 g/mol. The molecule has 1 atom stereocenters. The summed E-state index contributed by atoms with van der Waals surface area (Å²) < 4.78 is 0.951. The van der Waals surface area contributed by atoms with Crippen LogP contribution < -0.4 is 5.32 Å². The zero-order valence-electron chi connectivity index (χ0n) is 12.0. The fourth-order valence-corrected chi connectivity index (χ4v) is 2.24. The number of aryl methyl sites for hydroxylation is 1. The van der Waals surface area contributed by atoms with Crippen LogP contribution in [0.3, 0.4) is 0 Å². The Labute approximate surface area is 128 Å². The summed E-state index contributed by atoms with van der Waals surface area (Å²) in [7, 11) is 0. The third-order valence-electron chi connectivity index (χ3n) is 3.14. The molecule has 0 aliphatic carbocycles. The number of hydrogen-bond acceptors (Lipinski definition) is 4. The molecule has 0 bridgehead atoms. The summed E-state index contributed by atoms with van der Waals surface area (Å²) in [5.74, 6) is 0.668. The van der Waals surface area contributed by atoms with Crippen LogP contribution in [0.5, 0.6) is 0 Å². The molecule has 2 aromatic rings. The van der Waals surface area contributed by atoms with Crippen LogP contribution in [0.4, 0.5) is 0 Å². The molecule has 1 N–H and O–H groups in total. The molecule has 0 saturated carbocycles. The standard InChI is InChI=1S/C15H19BrN4/c1-4-7-17-10(2)13-9-19-15(20-11(13)3)14-6-5-12(16)8-18-14/h5-6,8-10,17H,4,7H2,1-3H3. The molecule has 106 valence electrons. The van der Waals surface area contributed by atoms with Crippen LogP contribution in [0.25, 0.3) is 11.5 Å². The lowest BCUT2D eigenvalue weighted by Gasteiger charge is -2.15. The average Bonchev–Trinajstić information content (AvgIpc) is 2.45. The first kappa shape index (κ1) is 15.1. The van der Waals surface area contributed by atoms with Gasteiger partial charge in [-0.3, -0.25) is 4.98 Å². The largest absolute Gasteiger partial charge is 0.310 e. The molecular weight excluding hydrogens is 316 g/mol. The summed E-state index contributed by atoms with van der Waals surface area (Å²) in [4.78, 5) is 13.3. The van der Waals surface area contributed by atoms with Gasteiger partial charge in [-0.2, -0.15) is 0 Å². The fraction of sp³-hybridized carbons (Fsp3) is 0.400. The number of rotatable bonds is 5. The minimum absolute atomic E-state index is 0.266. The van der Waals surface area contributed by atoms with Crippen molar-refractivity contribution in [1.82, 2.24) is 20.3 Å². The van der Waals surface area contributed by atoms with Gasteiger partial charge >= 0.3 is 0 Å². The third kappa shape index (κ3) is 3.61. The van der Waals surface area contributed by atoms with E-state index in [4.69, 9.17) is 0 Å². The molecular formula is C15H19BrN4. The second kappa shape index (κ2) is 6.90. The lowest BCUT2D eigenvalue weighted by Crippen LogP contribution is -2.20. The van der Waals surface area contributed by atoms with Gasteiger partial charge in [0.15, 0.2) is 5.82 Å². The predicted octanol–water partition coefficient (Wildman–Crippen LogP) is 3.67. The smallest absolute Gasteiger partial charge is 0.178 e. The van der Waals surface area contributed by atoms with Gasteiger partial charge in [-0.15, -0.1) is 0 Å². The summed E-state index contributed by atoms with van der Waals surface area (Å²) in [6.45, 7) is 7.31. The molecule has 4 nitrogen and oxygen atoms in total. The topological polar surface area (TPSA) is 50.7 Å². The first-order valence-corrected chi connectivity index (χ1v) is 7.60. The Morgan fingerprint density at radius 3 is 2.65 bits per heavy atom. The quantitative estimate of drug-likeness (QED) is 0.906. The molecule has 20 heavy (non-hydrogen) atoms. The lowest BCUT2D eigenvalue weighted by atomic mass is 10.1. The summed E-state index contributed by atoms with van der Waals surface area (Å²) >= 11 is 3.38. The molecule has 1 unspecified atom stereocenters. The maximum absolute atomic E-state index is 4.57. The Morgan fingerprint density at radius 1 is 1.25 bits per heavy atom. The molecule has 0 radical (unpaired) electrons. The van der Waals surface area contributed by atoms with Gasteiger partial charge in [-0.1, -0.05) is 6.92 Å². The van der Waals surface area contributed by atoms with Gasteiger partial charge in [0.25, 0.3) is 0 Å². The second-order valence-electron chi connectivity index (χ2n) is 4.77. The molecule has 0 spiro atoms. The number of pyridine rings is 1. The minimum Gasteiger partial charge on any atom is -0.310 e. The van der Waals surface area contributed by atoms with E-state index in [1.165, 1.54) is 0 Å². The third-order valence-corrected chi connectivity index (χ3v) is 3.61. The van der Waals surface area contributed by atoms with Gasteiger partial charge in [-0.05, 0) is 54.9 Å². The molecule has 2 aromatic heterocycles. The van der Waals surface area contributed by atoms with Crippen LogP contribution >= 0.6 is 15.9 Å². The van der Waals surface area contributed by atoms with Gasteiger partial charge in [0.2, 0.25) is 0 Å². The summed E-state index contributed by atoms with van der Waals surface area (Å²) in [5.41, 5.74) is 2.92. The van der Waals surface area contributed by atoms with E-state index < -0.39 is 0 Å². The normalized spacial score (nSPS) is 12.4. The Balaban J connectivity index is 2.23. The highest BCUT2D eigenvalue weighted by atomic mass is 79.9. The van der Waals surface area contributed by atoms with Crippen molar-refractivity contribution in [1.29, 1.82) is 0 Å². The number of hydrogen-bond donors (Lipinski definition) is 1. The second-order valence-corrected chi connectivity index (χ2v) is 5.69. The van der Waals surface area contributed by atoms with Crippen molar-refractivity contribution in [3.05, 3.63) is 40.3 Å². The van der Waals surface area contributed by atoms with E-state index in [0.29, 0.717) is 5.82 Å². The van der Waals surface area contributed by atoms with Crippen LogP contribution in [0.15, 0.2) is 29.0 Å². The van der Waals surface area contributed by atoms with E-state index in [1.807, 2.05) is 25.3 Å². The lowest BCUT2D eigenvalue weighted by molar-refractivity contribution is 0.564. The molecule has 0 amide bonds. The van der Waals surface area contributed by atoms with Crippen LogP contribution in [0, 0.1) is 6.92 Å². The van der Waals surface area contributed by atoms with Crippen molar-refractivity contribution < 1.29 is 0 Å². The maximum atomic E-state index is 4.57. The molecule has 5 heteroatoms. The van der Waals surface area contributed by atoms with Crippen LogP contribution in [0.2, 0.25) is 0 Å². The Kier molecular flexibility index (Phi) is 5.20. The first-order valence-electron chi connectivity index (χ1n) is 6.80. The first-order chi connectivity index (χ1) is 9.61. The van der Waals surface area contributed by atoms with Crippen LogP contribution in [-0.4, -0.2) is 21.5 Å². The van der Waals surface area contributed by atoms with E-state index in [0.717, 1.165) is 34.4 Å². The van der Waals surface area contributed by atoms with Crippen LogP contribution in [0.1, 0.15) is 37.6 Å². The molecule has 0 aliphatic rings. The number of nitrogens with zero attached hydrogens (tertiary/aromatic N) is 3. The Bertz CT molecular complexity index is 569. The highest BCUT2D eigenvalue weighted by molar-refractivity contribution is 9.10. The zero-order chi connectivity index (χ0) is 14.5. The molecule has 2 rings (SSSR count). The van der Waals surface area contributed by atoms with Crippen molar-refractivity contribution in [3.8, 4) is 11.5 Å². The number of halogens is 1. The van der Waals surface area contributed by atoms with E-state index in [9.17, 15) is 0 Å². The van der Waals surface area contributed by atoms with E-state index in [-0.39, 0.29) is 6.04 Å². The zero-order valence-corrected chi connectivity index (χ0v) is 13.6. The highest BCUT2D eigenvalue weighted by Crippen LogP contribution is 2.19. The molecule has 0 saturated heterocycles. The van der Waals surface area contributed by atoms with Crippen molar-refractivity contribution in [2.24, 2.45) is 0 Å². The Morgan fingerprint density at radius 2 is 2.05 bits per heavy atom. The molecule has 0 aromatic carbocycles. The molecule has 2 heterocycles. The Hall–Kier alpha value is -1.33. The van der Waals surface area contributed by atoms with Gasteiger partial charge in [0.1, 0.15) is 5.69 Å². The fourth-order valence-electron chi connectivity index (χ4n) is 2.00. The number of aromatic nitrogens is 3. The van der Waals surface area contributed by atoms with Gasteiger partial charge in [-0.25, -0.2) is 9.97 Å². The van der Waals surface area contributed by atoms with Crippen molar-refractivity contribution >= 4 is 15.9 Å². The summed E-state index contributed by atoms with van der Waals surface area (Å²) in [5, 5.41) is 3.45. The molecule has 0 fully saturated rings. The van der Waals surface area contributed by atoms with Gasteiger partial charge in [0, 0.05) is 34.2 Å². The number of nitrogens with one attached hydrogen (secondary N) is 1. The van der Waals surface area contributed by atoms with E-state index in [2.05, 4.69) is 50.0 Å². The van der Waals surface area contributed by atoms with Crippen molar-refractivity contribution in [2.75, 3.05) is 6.54 Å². The minimum atomic E-state index is 0.266. The summed E-state index contributed by atoms with van der Waals surface area (Å²) in [6.07, 6.45) is 4.77. The molecule has 0 aliphatic heterocycles. The highest BCUT2D eigenvalue weighted by Gasteiger charge is 2.11. The monoisotopic (exact) mass is 334 g/mol.